The van der Waals surface area contributed by atoms with E-state index in [-0.39, 0.29) is 10.8 Å². The fourth-order valence-corrected chi connectivity index (χ4v) is 1.10. The number of carbonyl (C=O) groups is 1. The molecule has 2 N–H and O–H groups in total. The third-order valence-electron chi connectivity index (χ3n) is 1.46. The lowest BCUT2D eigenvalue weighted by molar-refractivity contribution is 0.168. The summed E-state index contributed by atoms with van der Waals surface area (Å²) in [5.41, 5.74) is 0.405. The summed E-state index contributed by atoms with van der Waals surface area (Å²) in [6.07, 6.45) is -0.569. The van der Waals surface area contributed by atoms with Gasteiger partial charge in [0, 0.05) is 6.07 Å². The van der Waals surface area contributed by atoms with Crippen LogP contribution in [0.1, 0.15) is 6.92 Å². The maximum atomic E-state index is 11.0. The first-order valence-electron chi connectivity index (χ1n) is 4.05. The Bertz CT molecular complexity index is 341. The van der Waals surface area contributed by atoms with Gasteiger partial charge in [-0.1, -0.05) is 11.6 Å². The van der Waals surface area contributed by atoms with Crippen LogP contribution in [-0.4, -0.2) is 17.8 Å². The summed E-state index contributed by atoms with van der Waals surface area (Å²) in [5.74, 6) is 0.0457. The molecule has 0 aromatic heterocycles. The molecular weight excluding hydrogens is 206 g/mol. The van der Waals surface area contributed by atoms with Gasteiger partial charge in [-0.15, -0.1) is 0 Å². The maximum Gasteiger partial charge on any atom is 0.411 e. The molecule has 4 nitrogen and oxygen atoms in total. The number of ether oxygens (including phenoxy) is 1. The highest BCUT2D eigenvalue weighted by molar-refractivity contribution is 6.33. The summed E-state index contributed by atoms with van der Waals surface area (Å²) in [6.45, 7) is 2.00. The van der Waals surface area contributed by atoms with Crippen LogP contribution in [-0.2, 0) is 4.74 Å². The van der Waals surface area contributed by atoms with Gasteiger partial charge in [-0.2, -0.15) is 0 Å². The minimum Gasteiger partial charge on any atom is -0.508 e. The van der Waals surface area contributed by atoms with Crippen molar-refractivity contribution in [1.82, 2.24) is 0 Å². The monoisotopic (exact) mass is 215 g/mol. The number of aromatic hydroxyl groups is 1. The molecule has 0 bridgehead atoms. The van der Waals surface area contributed by atoms with Crippen LogP contribution >= 0.6 is 11.6 Å². The first-order valence-corrected chi connectivity index (χ1v) is 4.43. The summed E-state index contributed by atoms with van der Waals surface area (Å²) in [5, 5.41) is 11.7. The van der Waals surface area contributed by atoms with Crippen LogP contribution in [0.25, 0.3) is 0 Å². The second kappa shape index (κ2) is 4.72. The second-order valence-electron chi connectivity index (χ2n) is 2.51. The average Bonchev–Trinajstić information content (AvgIpc) is 2.10. The van der Waals surface area contributed by atoms with Gasteiger partial charge in [0.1, 0.15) is 5.75 Å². The number of hydrogen-bond donors (Lipinski definition) is 2. The van der Waals surface area contributed by atoms with Crippen LogP contribution in [0.5, 0.6) is 5.75 Å². The summed E-state index contributed by atoms with van der Waals surface area (Å²) in [7, 11) is 0. The lowest BCUT2D eigenvalue weighted by atomic mass is 10.3. The highest BCUT2D eigenvalue weighted by Gasteiger charge is 2.05. The largest absolute Gasteiger partial charge is 0.508 e. The molecule has 0 radical (unpaired) electrons. The van der Waals surface area contributed by atoms with Crippen molar-refractivity contribution in [3.05, 3.63) is 23.2 Å². The second-order valence-corrected chi connectivity index (χ2v) is 2.92. The number of rotatable bonds is 2. The van der Waals surface area contributed by atoms with Gasteiger partial charge >= 0.3 is 6.09 Å². The average molecular weight is 216 g/mol. The summed E-state index contributed by atoms with van der Waals surface area (Å²) >= 11 is 5.74. The van der Waals surface area contributed by atoms with E-state index in [1.807, 2.05) is 0 Å². The number of phenols is 1. The molecule has 0 saturated carbocycles. The smallest absolute Gasteiger partial charge is 0.411 e. The standard InChI is InChI=1S/C9H10ClNO3/c1-2-14-9(13)11-8-4-3-6(12)5-7(8)10/h3-5,12H,2H2,1H3,(H,11,13). The molecule has 0 saturated heterocycles. The predicted octanol–water partition coefficient (Wildman–Crippen LogP) is 2.61. The van der Waals surface area contributed by atoms with E-state index in [4.69, 9.17) is 16.7 Å². The molecular formula is C9H10ClNO3. The van der Waals surface area contributed by atoms with Gasteiger partial charge in [0.2, 0.25) is 0 Å². The number of hydrogen-bond acceptors (Lipinski definition) is 3. The minimum atomic E-state index is -0.569. The Kier molecular flexibility index (Phi) is 3.59. The molecule has 1 aromatic rings. The van der Waals surface area contributed by atoms with Crippen molar-refractivity contribution >= 4 is 23.4 Å². The first-order chi connectivity index (χ1) is 6.63. The molecule has 0 fully saturated rings. The molecule has 1 rings (SSSR count). The van der Waals surface area contributed by atoms with Crippen molar-refractivity contribution in [3.63, 3.8) is 0 Å². The number of anilines is 1. The molecule has 0 unspecified atom stereocenters. The summed E-state index contributed by atoms with van der Waals surface area (Å²) < 4.78 is 4.66. The molecule has 0 spiro atoms. The van der Waals surface area contributed by atoms with Gasteiger partial charge in [-0.05, 0) is 19.1 Å². The Morgan fingerprint density at radius 2 is 2.36 bits per heavy atom. The van der Waals surface area contributed by atoms with E-state index in [9.17, 15) is 4.79 Å². The Balaban J connectivity index is 2.72. The van der Waals surface area contributed by atoms with Gasteiger partial charge in [-0.25, -0.2) is 4.79 Å². The Morgan fingerprint density at radius 1 is 1.64 bits per heavy atom. The maximum absolute atomic E-state index is 11.0. The van der Waals surface area contributed by atoms with Crippen LogP contribution in [0.3, 0.4) is 0 Å². The molecule has 14 heavy (non-hydrogen) atoms. The molecule has 5 heteroatoms. The SMILES string of the molecule is CCOC(=O)Nc1ccc(O)cc1Cl. The van der Waals surface area contributed by atoms with Crippen LogP contribution in [0.15, 0.2) is 18.2 Å². The fraction of sp³-hybridized carbons (Fsp3) is 0.222. The van der Waals surface area contributed by atoms with Crippen molar-refractivity contribution in [2.45, 2.75) is 6.92 Å². The lowest BCUT2D eigenvalue weighted by Crippen LogP contribution is -2.13. The zero-order chi connectivity index (χ0) is 10.6. The van der Waals surface area contributed by atoms with Crippen LogP contribution in [0, 0.1) is 0 Å². The van der Waals surface area contributed by atoms with Crippen molar-refractivity contribution in [3.8, 4) is 5.75 Å². The third kappa shape index (κ3) is 2.81. The number of halogens is 1. The molecule has 0 aliphatic carbocycles. The minimum absolute atomic E-state index is 0.0457. The van der Waals surface area contributed by atoms with Crippen LogP contribution < -0.4 is 5.32 Å². The van der Waals surface area contributed by atoms with E-state index in [0.29, 0.717) is 12.3 Å². The number of phenolic OH excluding ortho intramolecular Hbond substituents is 1. The molecule has 76 valence electrons. The highest BCUT2D eigenvalue weighted by Crippen LogP contribution is 2.25. The van der Waals surface area contributed by atoms with Crippen LogP contribution in [0.2, 0.25) is 5.02 Å². The Morgan fingerprint density at radius 3 is 2.93 bits per heavy atom. The van der Waals surface area contributed by atoms with Crippen molar-refractivity contribution in [2.24, 2.45) is 0 Å². The molecule has 1 aromatic carbocycles. The van der Waals surface area contributed by atoms with Gasteiger partial charge < -0.3 is 9.84 Å². The highest BCUT2D eigenvalue weighted by atomic mass is 35.5. The molecule has 0 heterocycles. The van der Waals surface area contributed by atoms with Crippen molar-refractivity contribution < 1.29 is 14.6 Å². The molecule has 0 aliphatic rings. The molecule has 0 aliphatic heterocycles. The quantitative estimate of drug-likeness (QED) is 0.746. The lowest BCUT2D eigenvalue weighted by Gasteiger charge is -2.06. The zero-order valence-electron chi connectivity index (χ0n) is 7.58. The fourth-order valence-electron chi connectivity index (χ4n) is 0.883. The van der Waals surface area contributed by atoms with Gasteiger partial charge in [0.15, 0.2) is 0 Å². The first kappa shape index (κ1) is 10.7. The summed E-state index contributed by atoms with van der Waals surface area (Å²) in [4.78, 5) is 11.0. The van der Waals surface area contributed by atoms with E-state index in [1.165, 1.54) is 18.2 Å². The van der Waals surface area contributed by atoms with E-state index >= 15 is 0 Å². The number of nitrogens with one attached hydrogen (secondary N) is 1. The van der Waals surface area contributed by atoms with Gasteiger partial charge in [0.05, 0.1) is 17.3 Å². The molecule has 1 amide bonds. The molecule has 0 atom stereocenters. The Labute approximate surface area is 86.4 Å². The third-order valence-corrected chi connectivity index (χ3v) is 1.78. The number of carbonyl (C=O) groups excluding carboxylic acids is 1. The number of benzene rings is 1. The van der Waals surface area contributed by atoms with Crippen molar-refractivity contribution in [2.75, 3.05) is 11.9 Å². The summed E-state index contributed by atoms with van der Waals surface area (Å²) in [6, 6.07) is 4.26. The van der Waals surface area contributed by atoms with Crippen molar-refractivity contribution in [1.29, 1.82) is 0 Å². The topological polar surface area (TPSA) is 58.6 Å². The normalized spacial score (nSPS) is 9.57. The van der Waals surface area contributed by atoms with E-state index < -0.39 is 6.09 Å². The van der Waals surface area contributed by atoms with E-state index in [1.54, 1.807) is 6.92 Å². The van der Waals surface area contributed by atoms with Gasteiger partial charge in [-0.3, -0.25) is 5.32 Å². The van der Waals surface area contributed by atoms with E-state index in [2.05, 4.69) is 10.1 Å². The predicted molar refractivity (Wildman–Crippen MR) is 53.8 cm³/mol. The van der Waals surface area contributed by atoms with Gasteiger partial charge in [0.25, 0.3) is 0 Å². The number of amides is 1. The zero-order valence-corrected chi connectivity index (χ0v) is 8.34. The Hall–Kier alpha value is -1.42. The van der Waals surface area contributed by atoms with E-state index in [0.717, 1.165) is 0 Å². The van der Waals surface area contributed by atoms with Crippen LogP contribution in [0.4, 0.5) is 10.5 Å².